The van der Waals surface area contributed by atoms with Gasteiger partial charge in [0.1, 0.15) is 5.82 Å². The van der Waals surface area contributed by atoms with Crippen molar-refractivity contribution in [1.82, 2.24) is 14.9 Å². The maximum Gasteiger partial charge on any atom is 0.109 e. The minimum Gasteiger partial charge on any atom is -0.338 e. The van der Waals surface area contributed by atoms with Gasteiger partial charge in [0.15, 0.2) is 0 Å². The van der Waals surface area contributed by atoms with Gasteiger partial charge in [-0.3, -0.25) is 0 Å². The van der Waals surface area contributed by atoms with Gasteiger partial charge < -0.3 is 9.88 Å². The molecule has 1 unspecified atom stereocenters. The summed E-state index contributed by atoms with van der Waals surface area (Å²) in [7, 11) is 2.06. The van der Waals surface area contributed by atoms with Crippen LogP contribution in [-0.4, -0.2) is 22.1 Å². The Hall–Kier alpha value is -0.830. The Balaban J connectivity index is 1.80. The summed E-state index contributed by atoms with van der Waals surface area (Å²) in [4.78, 5) is 4.36. The molecular formula is C14H25N3. The fraction of sp³-hybridized carbons (Fsp3) is 0.786. The van der Waals surface area contributed by atoms with Crippen LogP contribution in [0.25, 0.3) is 0 Å². The summed E-state index contributed by atoms with van der Waals surface area (Å²) in [6, 6.07) is 0.677. The Labute approximate surface area is 105 Å². The zero-order valence-electron chi connectivity index (χ0n) is 11.4. The molecule has 3 heteroatoms. The highest BCUT2D eigenvalue weighted by Crippen LogP contribution is 2.35. The topological polar surface area (TPSA) is 29.9 Å². The van der Waals surface area contributed by atoms with E-state index in [1.54, 1.807) is 0 Å². The van der Waals surface area contributed by atoms with E-state index < -0.39 is 0 Å². The summed E-state index contributed by atoms with van der Waals surface area (Å²) in [6.07, 6.45) is 10.4. The van der Waals surface area contributed by atoms with Crippen molar-refractivity contribution in [3.05, 3.63) is 18.2 Å². The van der Waals surface area contributed by atoms with Crippen LogP contribution in [0.15, 0.2) is 12.4 Å². The Morgan fingerprint density at radius 2 is 2.29 bits per heavy atom. The number of rotatable bonds is 4. The second-order valence-electron chi connectivity index (χ2n) is 5.95. The van der Waals surface area contributed by atoms with Crippen LogP contribution in [0.4, 0.5) is 0 Å². The number of nitrogens with zero attached hydrogens (tertiary/aromatic N) is 2. The lowest BCUT2D eigenvalue weighted by atomic mass is 9.73. The highest BCUT2D eigenvalue weighted by Gasteiger charge is 2.31. The molecule has 0 spiro atoms. The second kappa shape index (κ2) is 5.21. The van der Waals surface area contributed by atoms with E-state index in [4.69, 9.17) is 0 Å². The third-order valence-electron chi connectivity index (χ3n) is 4.17. The van der Waals surface area contributed by atoms with E-state index in [1.807, 2.05) is 12.4 Å². The van der Waals surface area contributed by atoms with Crippen molar-refractivity contribution in [2.75, 3.05) is 6.54 Å². The van der Waals surface area contributed by atoms with Gasteiger partial charge in [0, 0.05) is 38.4 Å². The van der Waals surface area contributed by atoms with Gasteiger partial charge in [0.05, 0.1) is 0 Å². The molecule has 1 heterocycles. The van der Waals surface area contributed by atoms with Crippen LogP contribution >= 0.6 is 0 Å². The molecule has 0 saturated heterocycles. The Morgan fingerprint density at radius 1 is 1.47 bits per heavy atom. The van der Waals surface area contributed by atoms with E-state index >= 15 is 0 Å². The minimum absolute atomic E-state index is 0.458. The van der Waals surface area contributed by atoms with Gasteiger partial charge in [-0.2, -0.15) is 0 Å². The molecule has 2 rings (SSSR count). The smallest absolute Gasteiger partial charge is 0.109 e. The first-order chi connectivity index (χ1) is 8.09. The summed E-state index contributed by atoms with van der Waals surface area (Å²) in [6.45, 7) is 5.83. The van der Waals surface area contributed by atoms with Gasteiger partial charge in [-0.25, -0.2) is 4.98 Å². The summed E-state index contributed by atoms with van der Waals surface area (Å²) in [5.41, 5.74) is 0.458. The van der Waals surface area contributed by atoms with Gasteiger partial charge in [-0.15, -0.1) is 0 Å². The molecule has 1 aliphatic carbocycles. The summed E-state index contributed by atoms with van der Waals surface area (Å²) in [5.74, 6) is 1.17. The first kappa shape index (κ1) is 12.6. The minimum atomic E-state index is 0.458. The standard InChI is InChI=1S/C14H25N3/c1-14(2)8-5-4-6-12(14)15-9-7-13-16-10-11-17(13)3/h10-12,15H,4-9H2,1-3H3. The number of imidazole rings is 1. The van der Waals surface area contributed by atoms with Crippen molar-refractivity contribution in [2.45, 2.75) is 52.0 Å². The molecule has 0 bridgehead atoms. The maximum absolute atomic E-state index is 4.36. The molecule has 1 fully saturated rings. The fourth-order valence-electron chi connectivity index (χ4n) is 2.87. The molecule has 96 valence electrons. The Kier molecular flexibility index (Phi) is 3.87. The van der Waals surface area contributed by atoms with Crippen LogP contribution in [0.3, 0.4) is 0 Å². The summed E-state index contributed by atoms with van der Waals surface area (Å²) < 4.78 is 2.10. The first-order valence-corrected chi connectivity index (χ1v) is 6.79. The average molecular weight is 235 g/mol. The van der Waals surface area contributed by atoms with Crippen LogP contribution in [-0.2, 0) is 13.5 Å². The Bertz CT molecular complexity index is 354. The highest BCUT2D eigenvalue weighted by atomic mass is 15.0. The quantitative estimate of drug-likeness (QED) is 0.869. The summed E-state index contributed by atoms with van der Waals surface area (Å²) >= 11 is 0. The van der Waals surface area contributed by atoms with Gasteiger partial charge in [0.25, 0.3) is 0 Å². The van der Waals surface area contributed by atoms with Crippen molar-refractivity contribution in [2.24, 2.45) is 12.5 Å². The van der Waals surface area contributed by atoms with Crippen LogP contribution in [0, 0.1) is 5.41 Å². The number of hydrogen-bond donors (Lipinski definition) is 1. The van der Waals surface area contributed by atoms with Gasteiger partial charge in [0.2, 0.25) is 0 Å². The molecular weight excluding hydrogens is 210 g/mol. The number of aryl methyl sites for hydroxylation is 1. The molecule has 1 saturated carbocycles. The van der Waals surface area contributed by atoms with E-state index in [1.165, 1.54) is 31.5 Å². The van der Waals surface area contributed by atoms with Crippen LogP contribution in [0.2, 0.25) is 0 Å². The third kappa shape index (κ3) is 3.09. The largest absolute Gasteiger partial charge is 0.338 e. The van der Waals surface area contributed by atoms with Crippen molar-refractivity contribution in [3.8, 4) is 0 Å². The van der Waals surface area contributed by atoms with Crippen molar-refractivity contribution in [3.63, 3.8) is 0 Å². The molecule has 0 radical (unpaired) electrons. The molecule has 0 aromatic carbocycles. The molecule has 1 aromatic heterocycles. The monoisotopic (exact) mass is 235 g/mol. The Morgan fingerprint density at radius 3 is 2.94 bits per heavy atom. The van der Waals surface area contributed by atoms with E-state index in [0.29, 0.717) is 11.5 Å². The number of nitrogens with one attached hydrogen (secondary N) is 1. The molecule has 0 amide bonds. The van der Waals surface area contributed by atoms with Crippen molar-refractivity contribution in [1.29, 1.82) is 0 Å². The fourth-order valence-corrected chi connectivity index (χ4v) is 2.87. The molecule has 0 aliphatic heterocycles. The predicted octanol–water partition coefficient (Wildman–Crippen LogP) is 2.52. The van der Waals surface area contributed by atoms with Gasteiger partial charge >= 0.3 is 0 Å². The van der Waals surface area contributed by atoms with Crippen molar-refractivity contribution >= 4 is 0 Å². The average Bonchev–Trinajstić information content (AvgIpc) is 2.67. The van der Waals surface area contributed by atoms with Crippen LogP contribution in [0.5, 0.6) is 0 Å². The number of aromatic nitrogens is 2. The van der Waals surface area contributed by atoms with E-state index in [0.717, 1.165) is 13.0 Å². The SMILES string of the molecule is Cn1ccnc1CCNC1CCCCC1(C)C. The van der Waals surface area contributed by atoms with Gasteiger partial charge in [-0.1, -0.05) is 26.7 Å². The van der Waals surface area contributed by atoms with E-state index in [2.05, 4.69) is 35.8 Å². The zero-order valence-corrected chi connectivity index (χ0v) is 11.4. The lowest BCUT2D eigenvalue weighted by molar-refractivity contribution is 0.168. The summed E-state index contributed by atoms with van der Waals surface area (Å²) in [5, 5.41) is 3.72. The van der Waals surface area contributed by atoms with Crippen molar-refractivity contribution < 1.29 is 0 Å². The zero-order chi connectivity index (χ0) is 12.3. The third-order valence-corrected chi connectivity index (χ3v) is 4.17. The molecule has 17 heavy (non-hydrogen) atoms. The lowest BCUT2D eigenvalue weighted by Crippen LogP contribution is -2.44. The molecule has 1 N–H and O–H groups in total. The van der Waals surface area contributed by atoms with Crippen LogP contribution < -0.4 is 5.32 Å². The normalized spacial score (nSPS) is 23.8. The van der Waals surface area contributed by atoms with E-state index in [-0.39, 0.29) is 0 Å². The first-order valence-electron chi connectivity index (χ1n) is 6.79. The highest BCUT2D eigenvalue weighted by molar-refractivity contribution is 4.93. The molecule has 3 nitrogen and oxygen atoms in total. The van der Waals surface area contributed by atoms with Crippen LogP contribution in [0.1, 0.15) is 45.4 Å². The molecule has 1 aliphatic rings. The van der Waals surface area contributed by atoms with E-state index in [9.17, 15) is 0 Å². The lowest BCUT2D eigenvalue weighted by Gasteiger charge is -2.39. The second-order valence-corrected chi connectivity index (χ2v) is 5.95. The molecule has 1 aromatic rings. The molecule has 1 atom stereocenters. The van der Waals surface area contributed by atoms with Gasteiger partial charge in [-0.05, 0) is 18.3 Å². The predicted molar refractivity (Wildman–Crippen MR) is 71.0 cm³/mol. The number of hydrogen-bond acceptors (Lipinski definition) is 2. The maximum atomic E-state index is 4.36.